The number of alkyl halides is 3. The monoisotopic (exact) mass is 916 g/mol. The van der Waals surface area contributed by atoms with Crippen molar-refractivity contribution in [3.05, 3.63) is 0 Å². The van der Waals surface area contributed by atoms with Crippen molar-refractivity contribution in [2.24, 2.45) is 0 Å². The molecule has 0 unspecified atom stereocenters. The van der Waals surface area contributed by atoms with Gasteiger partial charge in [-0.05, 0) is 25.7 Å². The molecule has 0 rings (SSSR count). The molecule has 0 heterocycles. The zero-order valence-corrected chi connectivity index (χ0v) is 39.0. The molecule has 0 aliphatic rings. The molecule has 0 amide bonds. The Balaban J connectivity index is -0.000000292. The van der Waals surface area contributed by atoms with Crippen LogP contribution >= 0.6 is 42.6 Å². The number of unbranched alkanes of at least 4 members (excludes halogenated alkanes) is 18. The maximum Gasteiger partial charge on any atom is 0.474 e. The topological polar surface area (TPSA) is 125 Å². The zero-order chi connectivity index (χ0) is 39.1. The number of phosphoric ester groups is 1. The van der Waals surface area contributed by atoms with Crippen molar-refractivity contribution in [3.8, 4) is 0 Å². The van der Waals surface area contributed by atoms with Crippen molar-refractivity contribution in [3.63, 3.8) is 0 Å². The van der Waals surface area contributed by atoms with Crippen molar-refractivity contribution in [1.29, 1.82) is 0 Å². The van der Waals surface area contributed by atoms with Crippen LogP contribution in [0.1, 0.15) is 182 Å². The van der Waals surface area contributed by atoms with Crippen LogP contribution in [-0.4, -0.2) is 70.5 Å². The summed E-state index contributed by atoms with van der Waals surface area (Å²) in [5.74, 6) is -1.20. The van der Waals surface area contributed by atoms with Crippen LogP contribution in [0.15, 0.2) is 0 Å². The molecule has 8 nitrogen and oxygen atoms in total. The van der Waals surface area contributed by atoms with E-state index in [0.29, 0.717) is 0 Å². The molecular formula is C38H76Cl3O8PSn. The van der Waals surface area contributed by atoms with E-state index in [1.807, 2.05) is 0 Å². The van der Waals surface area contributed by atoms with Crippen molar-refractivity contribution >= 4 is 75.7 Å². The SMILES string of the molecule is CCCCCCCCCCCC(=O)[O-].CCCCCCCCCCCC(=O)[O-].CCC[CH2][Sn+2][CH2]CCC.O=P(OCCCl)(OCCCl)OCCCl. The van der Waals surface area contributed by atoms with Crippen LogP contribution in [-0.2, 0) is 27.7 Å². The van der Waals surface area contributed by atoms with Gasteiger partial charge in [0.15, 0.2) is 0 Å². The molecule has 0 radical (unpaired) electrons. The van der Waals surface area contributed by atoms with Gasteiger partial charge in [-0.3, -0.25) is 13.6 Å². The van der Waals surface area contributed by atoms with Gasteiger partial charge in [0.2, 0.25) is 0 Å². The van der Waals surface area contributed by atoms with Crippen molar-refractivity contribution in [2.75, 3.05) is 37.5 Å². The molecule has 0 aromatic carbocycles. The average molecular weight is 917 g/mol. The van der Waals surface area contributed by atoms with Crippen LogP contribution in [0.3, 0.4) is 0 Å². The number of hydrogen-bond acceptors (Lipinski definition) is 8. The zero-order valence-electron chi connectivity index (χ0n) is 33.0. The number of phosphoric acid groups is 1. The van der Waals surface area contributed by atoms with Gasteiger partial charge in [-0.25, -0.2) is 4.57 Å². The summed E-state index contributed by atoms with van der Waals surface area (Å²) in [6, 6.07) is 0. The molecule has 0 spiro atoms. The standard InChI is InChI=1S/2C12H24O2.C6H12Cl3O4P.2C4H9.Sn/c2*1-2-3-4-5-6-7-8-9-10-11-12(13)14;7-1-4-11-14(10,12-5-2-8)13-6-3-9;2*1-3-4-2;/h2*2-11H2,1H3,(H,13,14);1-6H2;2*1,3-4H2,2H3;/q;;;;;+2/p-2. The smallest absolute Gasteiger partial charge is 0.286 e. The fourth-order valence-corrected chi connectivity index (χ4v) is 10.3. The molecule has 0 saturated carbocycles. The Morgan fingerprint density at radius 3 is 0.961 bits per heavy atom. The summed E-state index contributed by atoms with van der Waals surface area (Å²) >= 11 is 16.2. The number of rotatable bonds is 35. The predicted molar refractivity (Wildman–Crippen MR) is 217 cm³/mol. The number of carboxylic acid groups (broad SMARTS) is 2. The van der Waals surface area contributed by atoms with E-state index < -0.39 is 19.8 Å². The summed E-state index contributed by atoms with van der Waals surface area (Å²) < 4.78 is 29.4. The summed E-state index contributed by atoms with van der Waals surface area (Å²) in [7, 11) is -3.52. The van der Waals surface area contributed by atoms with Gasteiger partial charge in [-0.15, -0.1) is 34.8 Å². The Morgan fingerprint density at radius 1 is 0.471 bits per heavy atom. The number of hydrogen-bond donors (Lipinski definition) is 0. The second kappa shape index (κ2) is 52.8. The van der Waals surface area contributed by atoms with Gasteiger partial charge in [0.1, 0.15) is 0 Å². The van der Waals surface area contributed by atoms with E-state index in [2.05, 4.69) is 27.7 Å². The van der Waals surface area contributed by atoms with E-state index in [1.165, 1.54) is 116 Å². The van der Waals surface area contributed by atoms with Crippen molar-refractivity contribution < 1.29 is 37.9 Å². The van der Waals surface area contributed by atoms with Crippen LogP contribution in [0.25, 0.3) is 0 Å². The number of carbonyl (C=O) groups excluding carboxylic acids is 2. The van der Waals surface area contributed by atoms with Gasteiger partial charge in [0.25, 0.3) is 0 Å². The first-order valence-electron chi connectivity index (χ1n) is 20.0. The molecule has 0 saturated heterocycles. The molecule has 13 heteroatoms. The van der Waals surface area contributed by atoms with E-state index in [0.717, 1.165) is 25.7 Å². The molecular weight excluding hydrogens is 840 g/mol. The minimum Gasteiger partial charge on any atom is -0.286 e. The number of aliphatic carboxylic acids is 2. The Labute approximate surface area is 339 Å². The molecule has 0 fully saturated rings. The molecule has 0 N–H and O–H groups in total. The number of carbonyl (C=O) groups is 2. The van der Waals surface area contributed by atoms with Gasteiger partial charge >= 0.3 is 77.4 Å². The van der Waals surface area contributed by atoms with Gasteiger partial charge in [0, 0.05) is 29.6 Å². The second-order valence-electron chi connectivity index (χ2n) is 12.4. The normalized spacial score (nSPS) is 10.6. The summed E-state index contributed by atoms with van der Waals surface area (Å²) in [6.07, 6.45) is 28.2. The van der Waals surface area contributed by atoms with Crippen LogP contribution < -0.4 is 10.2 Å². The molecule has 0 aromatic rings. The molecule has 0 aliphatic carbocycles. The predicted octanol–water partition coefficient (Wildman–Crippen LogP) is 11.3. The Bertz CT molecular complexity index is 660. The van der Waals surface area contributed by atoms with Crippen molar-refractivity contribution in [1.82, 2.24) is 0 Å². The Morgan fingerprint density at radius 2 is 0.725 bits per heavy atom. The number of halogens is 3. The minimum atomic E-state index is -3.52. The first-order valence-corrected chi connectivity index (χ1v) is 27.1. The van der Waals surface area contributed by atoms with E-state index in [-0.39, 0.29) is 71.4 Å². The van der Waals surface area contributed by atoms with Crippen molar-refractivity contribution in [2.45, 2.75) is 191 Å². The van der Waals surface area contributed by atoms with E-state index >= 15 is 0 Å². The summed E-state index contributed by atoms with van der Waals surface area (Å²) in [4.78, 5) is 20.2. The van der Waals surface area contributed by atoms with Gasteiger partial charge in [-0.2, -0.15) is 0 Å². The fraction of sp³-hybridized carbons (Fsp3) is 0.947. The molecule has 306 valence electrons. The van der Waals surface area contributed by atoms with Gasteiger partial charge in [0.05, 0.1) is 19.8 Å². The van der Waals surface area contributed by atoms with E-state index in [1.54, 1.807) is 8.87 Å². The molecule has 0 aromatic heterocycles. The Hall–Kier alpha value is 0.719. The first kappa shape index (κ1) is 58.4. The summed E-state index contributed by atoms with van der Waals surface area (Å²) in [5.41, 5.74) is 0. The molecule has 51 heavy (non-hydrogen) atoms. The van der Waals surface area contributed by atoms with Gasteiger partial charge in [-0.1, -0.05) is 117 Å². The van der Waals surface area contributed by atoms with E-state index in [9.17, 15) is 24.4 Å². The van der Waals surface area contributed by atoms with Crippen LogP contribution in [0.2, 0.25) is 8.87 Å². The summed E-state index contributed by atoms with van der Waals surface area (Å²) in [6.45, 7) is 9.29. The van der Waals surface area contributed by atoms with Gasteiger partial charge < -0.3 is 19.8 Å². The van der Waals surface area contributed by atoms with Crippen LogP contribution in [0, 0.1) is 0 Å². The fourth-order valence-electron chi connectivity index (χ4n) is 4.44. The first-order chi connectivity index (χ1) is 24.6. The Kier molecular flexibility index (Phi) is 60.5. The third kappa shape index (κ3) is 63.0. The average Bonchev–Trinajstić information content (AvgIpc) is 3.11. The maximum absolute atomic E-state index is 11.6. The maximum atomic E-state index is 11.6. The third-order valence-corrected chi connectivity index (χ3v) is 13.4. The van der Waals surface area contributed by atoms with E-state index in [4.69, 9.17) is 48.4 Å². The van der Waals surface area contributed by atoms with Crippen LogP contribution in [0.5, 0.6) is 0 Å². The summed E-state index contributed by atoms with van der Waals surface area (Å²) in [5, 5.41) is 20.2. The number of carboxylic acids is 2. The minimum absolute atomic E-state index is 0.0867. The largest absolute Gasteiger partial charge is 0.474 e. The third-order valence-electron chi connectivity index (χ3n) is 7.36. The molecule has 0 aliphatic heterocycles. The molecule has 0 atom stereocenters. The quantitative estimate of drug-likeness (QED) is 0.0266. The van der Waals surface area contributed by atoms with Crippen LogP contribution in [0.4, 0.5) is 0 Å². The molecule has 0 bridgehead atoms. The second-order valence-corrected chi connectivity index (χ2v) is 19.5.